The van der Waals surface area contributed by atoms with Gasteiger partial charge >= 0.3 is 0 Å². The summed E-state index contributed by atoms with van der Waals surface area (Å²) in [4.78, 5) is 14.5. The van der Waals surface area contributed by atoms with Crippen molar-refractivity contribution in [2.45, 2.75) is 155 Å². The van der Waals surface area contributed by atoms with Crippen molar-refractivity contribution >= 4 is 37.6 Å². The molecule has 0 N–H and O–H groups in total. The van der Waals surface area contributed by atoms with Gasteiger partial charge in [-0.15, -0.1) is 0 Å². The molecule has 0 saturated heterocycles. The fraction of sp³-hybridized carbons (Fsp3) is 0.649. The molecule has 0 heterocycles. The Labute approximate surface area is 263 Å². The van der Waals surface area contributed by atoms with E-state index in [4.69, 9.17) is 0 Å². The van der Waals surface area contributed by atoms with Crippen LogP contribution in [0.2, 0.25) is 0 Å². The smallest absolute Gasteiger partial charge is 0.147 e. The topological polar surface area (TPSA) is 17.1 Å². The van der Waals surface area contributed by atoms with Crippen molar-refractivity contribution < 1.29 is 4.79 Å². The Morgan fingerprint density at radius 3 is 1.70 bits per heavy atom. The summed E-state index contributed by atoms with van der Waals surface area (Å²) >= 11 is 7.54. The number of hydrogen-bond acceptors (Lipinski definition) is 1. The van der Waals surface area contributed by atoms with Crippen molar-refractivity contribution in [3.05, 3.63) is 56.0 Å². The van der Waals surface area contributed by atoms with Crippen LogP contribution in [0.3, 0.4) is 0 Å². The van der Waals surface area contributed by atoms with Crippen molar-refractivity contribution in [1.29, 1.82) is 0 Å². The lowest BCUT2D eigenvalue weighted by molar-refractivity contribution is -0.123. The second-order valence-electron chi connectivity index (χ2n) is 12.3. The minimum absolute atomic E-state index is 0.436. The van der Waals surface area contributed by atoms with E-state index >= 15 is 0 Å². The Kier molecular flexibility index (Phi) is 15.0. The SMILES string of the molecule is CCCCCCCCCCCC(=O)C1(CCCCCCCCCCC)c2cc(Br)ccc2-c2c(C)cc(Br)cc21. The van der Waals surface area contributed by atoms with E-state index in [1.807, 2.05) is 0 Å². The molecule has 0 amide bonds. The van der Waals surface area contributed by atoms with Crippen molar-refractivity contribution in [3.63, 3.8) is 0 Å². The van der Waals surface area contributed by atoms with Gasteiger partial charge in [-0.2, -0.15) is 0 Å². The van der Waals surface area contributed by atoms with Gasteiger partial charge in [-0.25, -0.2) is 0 Å². The number of carbonyl (C=O) groups excluding carboxylic acids is 1. The first-order chi connectivity index (χ1) is 19.5. The molecule has 0 radical (unpaired) electrons. The molecule has 1 aliphatic rings. The summed E-state index contributed by atoms with van der Waals surface area (Å²) in [7, 11) is 0. The molecule has 0 aromatic heterocycles. The van der Waals surface area contributed by atoms with E-state index in [9.17, 15) is 4.79 Å². The zero-order chi connectivity index (χ0) is 28.8. The number of aryl methyl sites for hydroxylation is 1. The molecule has 40 heavy (non-hydrogen) atoms. The third-order valence-corrected chi connectivity index (χ3v) is 10.1. The normalized spacial score (nSPS) is 15.8. The molecule has 3 rings (SSSR count). The van der Waals surface area contributed by atoms with Gasteiger partial charge in [-0.1, -0.05) is 161 Å². The maximum absolute atomic E-state index is 14.5. The monoisotopic (exact) mass is 672 g/mol. The lowest BCUT2D eigenvalue weighted by Crippen LogP contribution is -2.35. The molecule has 222 valence electrons. The van der Waals surface area contributed by atoms with Gasteiger partial charge in [0.2, 0.25) is 0 Å². The van der Waals surface area contributed by atoms with E-state index in [-0.39, 0.29) is 0 Å². The Hall–Kier alpha value is -0.930. The molecule has 1 atom stereocenters. The zero-order valence-corrected chi connectivity index (χ0v) is 28.9. The maximum atomic E-state index is 14.5. The molecule has 1 unspecified atom stereocenters. The van der Waals surface area contributed by atoms with E-state index in [0.717, 1.165) is 28.2 Å². The highest BCUT2D eigenvalue weighted by Gasteiger charge is 2.48. The molecule has 0 saturated carbocycles. The molecule has 2 aromatic carbocycles. The van der Waals surface area contributed by atoms with E-state index in [2.05, 4.69) is 83.0 Å². The van der Waals surface area contributed by atoms with Gasteiger partial charge in [0, 0.05) is 15.4 Å². The van der Waals surface area contributed by atoms with Crippen LogP contribution in [0, 0.1) is 6.92 Å². The number of carbonyl (C=O) groups is 1. The summed E-state index contributed by atoms with van der Waals surface area (Å²) in [5.74, 6) is 0.436. The van der Waals surface area contributed by atoms with Crippen LogP contribution in [-0.2, 0) is 10.2 Å². The zero-order valence-electron chi connectivity index (χ0n) is 25.7. The number of rotatable bonds is 21. The summed E-state index contributed by atoms with van der Waals surface area (Å²) in [5.41, 5.74) is 5.77. The number of fused-ring (bicyclic) bond motifs is 3. The fourth-order valence-electron chi connectivity index (χ4n) is 6.89. The quantitative estimate of drug-likeness (QED) is 0.121. The van der Waals surface area contributed by atoms with Crippen LogP contribution in [0.25, 0.3) is 11.1 Å². The Bertz CT molecular complexity index is 1060. The highest BCUT2D eigenvalue weighted by Crippen LogP contribution is 2.55. The summed E-state index contributed by atoms with van der Waals surface area (Å²) in [5, 5.41) is 0. The molecule has 0 bridgehead atoms. The van der Waals surface area contributed by atoms with Gasteiger partial charge in [0.1, 0.15) is 5.78 Å². The maximum Gasteiger partial charge on any atom is 0.147 e. The summed E-state index contributed by atoms with van der Waals surface area (Å²) < 4.78 is 2.16. The molecule has 1 aliphatic carbocycles. The lowest BCUT2D eigenvalue weighted by Gasteiger charge is -2.31. The number of unbranched alkanes of at least 4 members (excludes halogenated alkanes) is 16. The molecule has 3 heteroatoms. The Morgan fingerprint density at radius 1 is 0.625 bits per heavy atom. The van der Waals surface area contributed by atoms with Gasteiger partial charge < -0.3 is 0 Å². The van der Waals surface area contributed by atoms with Crippen LogP contribution in [0.1, 0.15) is 159 Å². The van der Waals surface area contributed by atoms with Crippen molar-refractivity contribution in [3.8, 4) is 11.1 Å². The van der Waals surface area contributed by atoms with Gasteiger partial charge in [0.15, 0.2) is 0 Å². The second kappa shape index (κ2) is 17.9. The number of halogens is 2. The van der Waals surface area contributed by atoms with Crippen molar-refractivity contribution in [2.24, 2.45) is 0 Å². The van der Waals surface area contributed by atoms with Crippen LogP contribution in [0.4, 0.5) is 0 Å². The molecule has 0 aliphatic heterocycles. The number of Topliss-reactive ketones (excluding diaryl/α,β-unsaturated/α-hetero) is 1. The number of ketones is 1. The van der Waals surface area contributed by atoms with E-state index < -0.39 is 5.41 Å². The van der Waals surface area contributed by atoms with E-state index in [1.54, 1.807) is 0 Å². The molecule has 0 fully saturated rings. The molecular formula is C37H54Br2O. The predicted octanol–water partition coefficient (Wildman–Crippen LogP) is 13.2. The van der Waals surface area contributed by atoms with Gasteiger partial charge in [0.05, 0.1) is 5.41 Å². The molecule has 2 aromatic rings. The van der Waals surface area contributed by atoms with Crippen LogP contribution in [0.15, 0.2) is 39.3 Å². The summed E-state index contributed by atoms with van der Waals surface area (Å²) in [6, 6.07) is 11.1. The van der Waals surface area contributed by atoms with Crippen molar-refractivity contribution in [2.75, 3.05) is 0 Å². The molecule has 0 spiro atoms. The minimum atomic E-state index is -0.524. The van der Waals surface area contributed by atoms with Crippen LogP contribution >= 0.6 is 31.9 Å². The van der Waals surface area contributed by atoms with Crippen LogP contribution in [-0.4, -0.2) is 5.78 Å². The highest BCUT2D eigenvalue weighted by molar-refractivity contribution is 9.10. The summed E-state index contributed by atoms with van der Waals surface area (Å²) in [6.45, 7) is 6.76. The van der Waals surface area contributed by atoms with Crippen LogP contribution < -0.4 is 0 Å². The highest BCUT2D eigenvalue weighted by atomic mass is 79.9. The van der Waals surface area contributed by atoms with E-state index in [1.165, 1.54) is 131 Å². The van der Waals surface area contributed by atoms with Gasteiger partial charge in [0.25, 0.3) is 0 Å². The van der Waals surface area contributed by atoms with Crippen LogP contribution in [0.5, 0.6) is 0 Å². The first kappa shape index (κ1) is 33.6. The number of benzene rings is 2. The van der Waals surface area contributed by atoms with Crippen molar-refractivity contribution in [1.82, 2.24) is 0 Å². The predicted molar refractivity (Wildman–Crippen MR) is 181 cm³/mol. The van der Waals surface area contributed by atoms with E-state index in [0.29, 0.717) is 12.2 Å². The number of hydrogen-bond donors (Lipinski definition) is 0. The summed E-state index contributed by atoms with van der Waals surface area (Å²) in [6.07, 6.45) is 24.8. The average molecular weight is 675 g/mol. The molecular weight excluding hydrogens is 620 g/mol. The first-order valence-corrected chi connectivity index (χ1v) is 18.2. The van der Waals surface area contributed by atoms with Gasteiger partial charge in [-0.05, 0) is 71.8 Å². The largest absolute Gasteiger partial charge is 0.298 e. The fourth-order valence-corrected chi connectivity index (χ4v) is 7.82. The van der Waals surface area contributed by atoms with Gasteiger partial charge in [-0.3, -0.25) is 4.79 Å². The lowest BCUT2D eigenvalue weighted by atomic mass is 9.69. The standard InChI is InChI=1S/C37H54Br2O/c1-4-6-8-10-12-14-16-18-20-22-35(40)37(25-21-19-17-15-13-11-9-7-5-2)33-27-30(38)23-24-32(33)36-29(3)26-31(39)28-34(36)37/h23-24,26-28H,4-22,25H2,1-3H3. The second-order valence-corrected chi connectivity index (χ2v) is 14.2. The first-order valence-electron chi connectivity index (χ1n) is 16.6. The Balaban J connectivity index is 1.73. The average Bonchev–Trinajstić information content (AvgIpc) is 3.20. The molecule has 1 nitrogen and oxygen atoms in total. The third kappa shape index (κ3) is 9.03. The third-order valence-electron chi connectivity index (χ3n) is 9.11. The Morgan fingerprint density at radius 2 is 1.12 bits per heavy atom. The minimum Gasteiger partial charge on any atom is -0.298 e.